The van der Waals surface area contributed by atoms with Crippen LogP contribution in [-0.4, -0.2) is 39.5 Å². The van der Waals surface area contributed by atoms with E-state index < -0.39 is 0 Å². The average Bonchev–Trinajstić information content (AvgIpc) is 3.57. The summed E-state index contributed by atoms with van der Waals surface area (Å²) in [5.74, 6) is 0. The van der Waals surface area contributed by atoms with Crippen LogP contribution < -0.4 is 34.0 Å². The van der Waals surface area contributed by atoms with Crippen molar-refractivity contribution in [1.29, 1.82) is 0 Å². The number of nitrogens with zero attached hydrogens (tertiary/aromatic N) is 2. The van der Waals surface area contributed by atoms with Gasteiger partial charge in [0, 0.05) is 26.4 Å². The number of benzene rings is 2. The van der Waals surface area contributed by atoms with Crippen molar-refractivity contribution in [3.05, 3.63) is 71.3 Å². The van der Waals surface area contributed by atoms with Crippen LogP contribution in [0.3, 0.4) is 0 Å². The van der Waals surface area contributed by atoms with Crippen LogP contribution in [0.2, 0.25) is 0 Å². The van der Waals surface area contributed by atoms with E-state index in [1.54, 1.807) is 0 Å². The third-order valence-electron chi connectivity index (χ3n) is 4.20. The molecular formula is C26H40Br2N2O2Ti. The Bertz CT molecular complexity index is 519. The van der Waals surface area contributed by atoms with Crippen molar-refractivity contribution in [2.24, 2.45) is 0 Å². The third kappa shape index (κ3) is 24.6. The van der Waals surface area contributed by atoms with Gasteiger partial charge in [0.05, 0.1) is 0 Å². The summed E-state index contributed by atoms with van der Waals surface area (Å²) in [6.07, 6.45) is 7.35. The van der Waals surface area contributed by atoms with Gasteiger partial charge in [-0.3, -0.25) is 0 Å². The van der Waals surface area contributed by atoms with Gasteiger partial charge in [-0.15, -0.1) is 24.5 Å². The fraction of sp³-hybridized carbons (Fsp3) is 0.538. The first-order valence-electron chi connectivity index (χ1n) is 11.5. The molecule has 0 aromatic heterocycles. The van der Waals surface area contributed by atoms with Crippen molar-refractivity contribution in [2.75, 3.05) is 39.5 Å². The smallest absolute Gasteiger partial charge is 1.00 e. The number of halogens is 2. The Labute approximate surface area is 238 Å². The fourth-order valence-electron chi connectivity index (χ4n) is 2.57. The zero-order chi connectivity index (χ0) is 21.5. The van der Waals surface area contributed by atoms with Crippen molar-refractivity contribution in [1.82, 2.24) is 0 Å². The van der Waals surface area contributed by atoms with Gasteiger partial charge in [-0.25, -0.2) is 0 Å². The summed E-state index contributed by atoms with van der Waals surface area (Å²) in [4.78, 5) is 0. The minimum absolute atomic E-state index is 0. The molecule has 2 aromatic rings. The minimum atomic E-state index is 0. The van der Waals surface area contributed by atoms with E-state index in [2.05, 4.69) is 24.5 Å². The molecule has 2 saturated heterocycles. The summed E-state index contributed by atoms with van der Waals surface area (Å²) in [6, 6.07) is 20.1. The molecule has 2 aromatic carbocycles. The fourth-order valence-corrected chi connectivity index (χ4v) is 2.57. The maximum atomic E-state index is 4.94. The summed E-state index contributed by atoms with van der Waals surface area (Å²) < 4.78 is 9.89. The van der Waals surface area contributed by atoms with Gasteiger partial charge >= 0.3 is 21.7 Å². The van der Waals surface area contributed by atoms with Crippen molar-refractivity contribution >= 4 is 11.4 Å². The molecule has 33 heavy (non-hydrogen) atoms. The van der Waals surface area contributed by atoms with E-state index in [0.717, 1.165) is 63.7 Å². The number of ether oxygens (including phenoxy) is 2. The van der Waals surface area contributed by atoms with Gasteiger partial charge in [0.15, 0.2) is 0 Å². The Kier molecular flexibility index (Phi) is 33.4. The van der Waals surface area contributed by atoms with E-state index in [1.807, 2.05) is 60.7 Å². The van der Waals surface area contributed by atoms with Gasteiger partial charge in [0.25, 0.3) is 0 Å². The Balaban J connectivity index is -0.000000368. The van der Waals surface area contributed by atoms with Crippen molar-refractivity contribution in [3.8, 4) is 0 Å². The Morgan fingerprint density at radius 1 is 0.576 bits per heavy atom. The van der Waals surface area contributed by atoms with Gasteiger partial charge in [0.2, 0.25) is 0 Å². The first-order valence-corrected chi connectivity index (χ1v) is 11.5. The molecule has 0 atom stereocenters. The molecule has 0 spiro atoms. The van der Waals surface area contributed by atoms with Crippen LogP contribution in [0.4, 0.5) is 11.4 Å². The molecule has 0 amide bonds. The quantitative estimate of drug-likeness (QED) is 0.463. The van der Waals surface area contributed by atoms with Gasteiger partial charge in [-0.2, -0.15) is 0 Å². The van der Waals surface area contributed by atoms with E-state index in [1.165, 1.54) is 25.7 Å². The molecule has 7 heteroatoms. The predicted octanol–water partition coefficient (Wildman–Crippen LogP) is 1.80. The normalized spacial score (nSPS) is 12.9. The van der Waals surface area contributed by atoms with Crippen LogP contribution in [0.1, 0.15) is 52.4 Å². The summed E-state index contributed by atoms with van der Waals surface area (Å²) in [5, 5.41) is 8.65. The number of para-hydroxylation sites is 2. The molecule has 0 radical (unpaired) electrons. The third-order valence-corrected chi connectivity index (χ3v) is 4.20. The number of hydrogen-bond donors (Lipinski definition) is 0. The van der Waals surface area contributed by atoms with Crippen LogP contribution in [-0.2, 0) is 31.2 Å². The maximum absolute atomic E-state index is 4.94. The second kappa shape index (κ2) is 29.7. The van der Waals surface area contributed by atoms with Gasteiger partial charge in [-0.1, -0.05) is 87.4 Å². The first-order chi connectivity index (χ1) is 14.9. The summed E-state index contributed by atoms with van der Waals surface area (Å²) in [5.41, 5.74) is 2.17. The molecule has 2 heterocycles. The summed E-state index contributed by atoms with van der Waals surface area (Å²) >= 11 is 0. The van der Waals surface area contributed by atoms with Crippen molar-refractivity contribution < 1.29 is 65.2 Å². The van der Waals surface area contributed by atoms with Crippen LogP contribution in [0.5, 0.6) is 0 Å². The molecular weight excluding hydrogens is 580 g/mol. The maximum Gasteiger partial charge on any atom is 4.00 e. The van der Waals surface area contributed by atoms with E-state index >= 15 is 0 Å². The number of rotatable bonds is 6. The van der Waals surface area contributed by atoms with Crippen molar-refractivity contribution in [2.45, 2.75) is 52.4 Å². The first kappa shape index (κ1) is 37.2. The molecule has 0 unspecified atom stereocenters. The van der Waals surface area contributed by atoms with E-state index in [-0.39, 0.29) is 55.7 Å². The molecule has 4 rings (SSSR count). The Morgan fingerprint density at radius 2 is 0.879 bits per heavy atom. The largest absolute Gasteiger partial charge is 4.00 e. The Hall–Kier alpha value is -0.366. The molecule has 0 N–H and O–H groups in total. The van der Waals surface area contributed by atoms with Crippen LogP contribution in [0, 0.1) is 0 Å². The molecule has 0 saturated carbocycles. The molecule has 184 valence electrons. The molecule has 0 aliphatic carbocycles. The molecule has 0 bridgehead atoms. The van der Waals surface area contributed by atoms with Crippen LogP contribution in [0.25, 0.3) is 10.6 Å². The van der Waals surface area contributed by atoms with Crippen LogP contribution >= 0.6 is 0 Å². The molecule has 4 nitrogen and oxygen atoms in total. The topological polar surface area (TPSA) is 46.7 Å². The zero-order valence-electron chi connectivity index (χ0n) is 20.2. The standard InChI is InChI=1S/2C9H12N.2C4H8O.2BrH.Ti/c2*1-2-8-10-9-6-4-3-5-7-9;2*1-2-4-5-3-1;;;/h2*3-7H,2,8H2,1H3;2*1-4H2;2*1H;/q2*-1;;;;;+4/p-2. The Morgan fingerprint density at radius 3 is 1.09 bits per heavy atom. The van der Waals surface area contributed by atoms with Gasteiger partial charge in [-0.05, 0) is 25.7 Å². The van der Waals surface area contributed by atoms with Gasteiger partial charge in [0.1, 0.15) is 0 Å². The second-order valence-corrected chi connectivity index (χ2v) is 7.07. The minimum Gasteiger partial charge on any atom is -1.00 e. The monoisotopic (exact) mass is 618 g/mol. The zero-order valence-corrected chi connectivity index (χ0v) is 25.0. The predicted molar refractivity (Wildman–Crippen MR) is 129 cm³/mol. The summed E-state index contributed by atoms with van der Waals surface area (Å²) in [7, 11) is 0. The molecule has 2 fully saturated rings. The van der Waals surface area contributed by atoms with E-state index in [0.29, 0.717) is 0 Å². The summed E-state index contributed by atoms with van der Waals surface area (Å²) in [6.45, 7) is 10.1. The molecule has 2 aliphatic rings. The van der Waals surface area contributed by atoms with Gasteiger partial charge < -0.3 is 54.1 Å². The number of hydrogen-bond acceptors (Lipinski definition) is 2. The van der Waals surface area contributed by atoms with Crippen LogP contribution in [0.15, 0.2) is 60.7 Å². The second-order valence-electron chi connectivity index (χ2n) is 7.07. The molecule has 2 aliphatic heterocycles. The SMILES string of the molecule is C1CCOC1.C1CCOC1.CCC[N-]c1ccccc1.CCC[N-]c1ccccc1.[Br-].[Br-].[Ti+4]. The van der Waals surface area contributed by atoms with E-state index in [4.69, 9.17) is 9.47 Å². The van der Waals surface area contributed by atoms with E-state index in [9.17, 15) is 0 Å². The van der Waals surface area contributed by atoms with Crippen molar-refractivity contribution in [3.63, 3.8) is 0 Å². The average molecular weight is 620 g/mol.